The molecule has 2 aromatic carbocycles. The average Bonchev–Trinajstić information content (AvgIpc) is 2.55. The van der Waals surface area contributed by atoms with Crippen molar-refractivity contribution >= 4 is 11.8 Å². The maximum absolute atomic E-state index is 12.9. The molecule has 1 aliphatic rings. The van der Waals surface area contributed by atoms with Gasteiger partial charge in [0.2, 0.25) is 0 Å². The Bertz CT molecular complexity index is 780. The summed E-state index contributed by atoms with van der Waals surface area (Å²) >= 11 is 0. The van der Waals surface area contributed by atoms with Crippen molar-refractivity contribution in [1.29, 1.82) is 0 Å². The Kier molecular flexibility index (Phi) is 3.85. The smallest absolute Gasteiger partial charge is 0.319 e. The summed E-state index contributed by atoms with van der Waals surface area (Å²) in [5, 5.41) is 14.9. The largest absolute Gasteiger partial charge is 0.508 e. The molecule has 0 aromatic heterocycles. The number of allylic oxidation sites excluding steroid dienone is 1. The number of hydrogen-bond donors (Lipinski definition) is 3. The zero-order valence-electron chi connectivity index (χ0n) is 12.5. The zero-order valence-corrected chi connectivity index (χ0v) is 12.5. The van der Waals surface area contributed by atoms with E-state index in [-0.39, 0.29) is 17.6 Å². The highest BCUT2D eigenvalue weighted by Gasteiger charge is 2.31. The Morgan fingerprint density at radius 1 is 1.04 bits per heavy atom. The summed E-state index contributed by atoms with van der Waals surface area (Å²) in [5.74, 6) is -0.0145. The molecule has 1 unspecified atom stereocenters. The first-order valence-electron chi connectivity index (χ1n) is 7.23. The molecule has 0 saturated carbocycles. The minimum Gasteiger partial charge on any atom is -0.508 e. The van der Waals surface area contributed by atoms with E-state index in [1.54, 1.807) is 43.3 Å². The molecule has 1 aliphatic heterocycles. The van der Waals surface area contributed by atoms with Crippen molar-refractivity contribution < 1.29 is 14.7 Å². The van der Waals surface area contributed by atoms with Crippen molar-refractivity contribution in [2.45, 2.75) is 13.0 Å². The second-order valence-electron chi connectivity index (χ2n) is 5.36. The van der Waals surface area contributed by atoms with Crippen LogP contribution in [-0.4, -0.2) is 16.9 Å². The number of Topliss-reactive ketones (excluding diaryl/α,β-unsaturated/α-hetero) is 1. The fourth-order valence-electron chi connectivity index (χ4n) is 2.66. The highest BCUT2D eigenvalue weighted by molar-refractivity contribution is 6.11. The molecule has 116 valence electrons. The molecule has 0 radical (unpaired) electrons. The van der Waals surface area contributed by atoms with E-state index in [4.69, 9.17) is 0 Å². The molecule has 1 atom stereocenters. The molecule has 5 heteroatoms. The lowest BCUT2D eigenvalue weighted by molar-refractivity contribution is 0.102. The van der Waals surface area contributed by atoms with E-state index < -0.39 is 6.04 Å². The van der Waals surface area contributed by atoms with Gasteiger partial charge in [-0.05, 0) is 24.6 Å². The molecule has 2 aromatic rings. The first kappa shape index (κ1) is 14.8. The molecule has 0 saturated heterocycles. The van der Waals surface area contributed by atoms with Gasteiger partial charge in [-0.15, -0.1) is 0 Å². The fraction of sp³-hybridized carbons (Fsp3) is 0.111. The van der Waals surface area contributed by atoms with Crippen LogP contribution in [0.3, 0.4) is 0 Å². The number of phenols is 1. The molecule has 0 aliphatic carbocycles. The molecular formula is C18H16N2O3. The van der Waals surface area contributed by atoms with Crippen molar-refractivity contribution in [1.82, 2.24) is 10.6 Å². The predicted octanol–water partition coefficient (Wildman–Crippen LogP) is 2.90. The van der Waals surface area contributed by atoms with E-state index in [2.05, 4.69) is 10.6 Å². The molecule has 5 nitrogen and oxygen atoms in total. The number of phenolic OH excluding ortho intramolecular Hbond substituents is 1. The predicted molar refractivity (Wildman–Crippen MR) is 86.0 cm³/mol. The summed E-state index contributed by atoms with van der Waals surface area (Å²) in [6, 6.07) is 14.5. The molecule has 23 heavy (non-hydrogen) atoms. The minimum atomic E-state index is -0.558. The van der Waals surface area contributed by atoms with Crippen LogP contribution < -0.4 is 10.6 Å². The molecule has 2 amide bonds. The van der Waals surface area contributed by atoms with Crippen LogP contribution in [0, 0.1) is 0 Å². The van der Waals surface area contributed by atoms with Gasteiger partial charge in [0, 0.05) is 16.8 Å². The molecule has 0 spiro atoms. The van der Waals surface area contributed by atoms with Gasteiger partial charge < -0.3 is 15.7 Å². The van der Waals surface area contributed by atoms with Gasteiger partial charge in [0.15, 0.2) is 5.78 Å². The van der Waals surface area contributed by atoms with Crippen LogP contribution in [0.25, 0.3) is 0 Å². The van der Waals surface area contributed by atoms with Crippen LogP contribution in [0.5, 0.6) is 5.75 Å². The average molecular weight is 308 g/mol. The number of rotatable bonds is 3. The van der Waals surface area contributed by atoms with Gasteiger partial charge >= 0.3 is 6.03 Å². The summed E-state index contributed by atoms with van der Waals surface area (Å²) in [6.45, 7) is 1.71. The van der Waals surface area contributed by atoms with Crippen LogP contribution in [0.2, 0.25) is 0 Å². The quantitative estimate of drug-likeness (QED) is 0.763. The summed E-state index contributed by atoms with van der Waals surface area (Å²) in [5.41, 5.74) is 2.31. The summed E-state index contributed by atoms with van der Waals surface area (Å²) in [6.07, 6.45) is 0. The van der Waals surface area contributed by atoms with Gasteiger partial charge in [-0.3, -0.25) is 4.79 Å². The number of amides is 2. The van der Waals surface area contributed by atoms with Crippen molar-refractivity contribution in [3.8, 4) is 5.75 Å². The number of benzene rings is 2. The number of aromatic hydroxyl groups is 1. The maximum Gasteiger partial charge on any atom is 0.319 e. The Labute approximate surface area is 133 Å². The highest BCUT2D eigenvalue weighted by Crippen LogP contribution is 2.30. The second kappa shape index (κ2) is 5.96. The van der Waals surface area contributed by atoms with Gasteiger partial charge in [0.25, 0.3) is 0 Å². The molecule has 1 heterocycles. The van der Waals surface area contributed by atoms with Crippen LogP contribution >= 0.6 is 0 Å². The van der Waals surface area contributed by atoms with Gasteiger partial charge in [-0.1, -0.05) is 42.5 Å². The monoisotopic (exact) mass is 308 g/mol. The summed E-state index contributed by atoms with van der Waals surface area (Å²) in [4.78, 5) is 24.7. The number of hydrogen-bond acceptors (Lipinski definition) is 3. The third-order valence-corrected chi connectivity index (χ3v) is 3.78. The Hall–Kier alpha value is -3.08. The van der Waals surface area contributed by atoms with Crippen LogP contribution in [0.15, 0.2) is 65.9 Å². The van der Waals surface area contributed by atoms with Crippen LogP contribution in [0.1, 0.15) is 28.9 Å². The van der Waals surface area contributed by atoms with Crippen molar-refractivity contribution in [3.05, 3.63) is 77.0 Å². The summed E-state index contributed by atoms with van der Waals surface area (Å²) < 4.78 is 0. The molecular weight excluding hydrogens is 292 g/mol. The number of ketones is 1. The second-order valence-corrected chi connectivity index (χ2v) is 5.36. The van der Waals surface area contributed by atoms with Crippen molar-refractivity contribution in [3.63, 3.8) is 0 Å². The Balaban J connectivity index is 2.06. The van der Waals surface area contributed by atoms with E-state index in [1.165, 1.54) is 12.1 Å². The van der Waals surface area contributed by atoms with Crippen LogP contribution in [-0.2, 0) is 0 Å². The number of carbonyl (C=O) groups excluding carboxylic acids is 2. The van der Waals surface area contributed by atoms with Crippen molar-refractivity contribution in [2.24, 2.45) is 0 Å². The third-order valence-electron chi connectivity index (χ3n) is 3.78. The molecule has 3 N–H and O–H groups in total. The number of urea groups is 1. The van der Waals surface area contributed by atoms with Gasteiger partial charge in [0.1, 0.15) is 5.75 Å². The zero-order chi connectivity index (χ0) is 16.4. The Morgan fingerprint density at radius 3 is 2.35 bits per heavy atom. The van der Waals surface area contributed by atoms with E-state index in [0.717, 1.165) is 5.56 Å². The molecule has 0 fully saturated rings. The van der Waals surface area contributed by atoms with E-state index in [0.29, 0.717) is 16.8 Å². The third kappa shape index (κ3) is 2.94. The maximum atomic E-state index is 12.9. The fourth-order valence-corrected chi connectivity index (χ4v) is 2.66. The highest BCUT2D eigenvalue weighted by atomic mass is 16.3. The standard InChI is InChI=1S/C18H16N2O3/c1-11-15(17(22)13-5-3-2-4-6-13)16(20-18(23)19-11)12-7-9-14(21)10-8-12/h2-10,16,21H,1H3,(H2,19,20,23). The van der Waals surface area contributed by atoms with Gasteiger partial charge in [-0.25, -0.2) is 4.79 Å². The Morgan fingerprint density at radius 2 is 1.70 bits per heavy atom. The number of carbonyl (C=O) groups is 2. The normalized spacial score (nSPS) is 17.4. The number of nitrogens with one attached hydrogen (secondary N) is 2. The SMILES string of the molecule is CC1=C(C(=O)c2ccccc2)C(c2ccc(O)cc2)NC(=O)N1. The minimum absolute atomic E-state index is 0.130. The van der Waals surface area contributed by atoms with Crippen LogP contribution in [0.4, 0.5) is 4.79 Å². The lowest BCUT2D eigenvalue weighted by atomic mass is 9.89. The van der Waals surface area contributed by atoms with E-state index >= 15 is 0 Å². The van der Waals surface area contributed by atoms with E-state index in [9.17, 15) is 14.7 Å². The molecule has 0 bridgehead atoms. The van der Waals surface area contributed by atoms with Crippen molar-refractivity contribution in [2.75, 3.05) is 0 Å². The lowest BCUT2D eigenvalue weighted by Crippen LogP contribution is -2.45. The van der Waals surface area contributed by atoms with Gasteiger partial charge in [0.05, 0.1) is 6.04 Å². The van der Waals surface area contributed by atoms with E-state index in [1.807, 2.05) is 6.07 Å². The summed E-state index contributed by atoms with van der Waals surface area (Å²) in [7, 11) is 0. The first-order valence-corrected chi connectivity index (χ1v) is 7.23. The topological polar surface area (TPSA) is 78.4 Å². The van der Waals surface area contributed by atoms with Gasteiger partial charge in [-0.2, -0.15) is 0 Å². The first-order chi connectivity index (χ1) is 11.1. The molecule has 3 rings (SSSR count). The lowest BCUT2D eigenvalue weighted by Gasteiger charge is -2.28.